The van der Waals surface area contributed by atoms with Crippen LogP contribution in [0.4, 0.5) is 5.82 Å². The van der Waals surface area contributed by atoms with Gasteiger partial charge in [-0.2, -0.15) is 10.2 Å². The number of carbonyl (C=O) groups is 2. The first kappa shape index (κ1) is 17.9. The van der Waals surface area contributed by atoms with Crippen LogP contribution in [0.1, 0.15) is 28.5 Å². The molecular weight excluding hydrogens is 354 g/mol. The van der Waals surface area contributed by atoms with Crippen molar-refractivity contribution in [1.29, 1.82) is 0 Å². The normalized spacial score (nSPS) is 10.7. The molecule has 2 aromatic heterocycles. The minimum Gasteiger partial charge on any atom is -0.309 e. The number of hydrogen-bond acceptors (Lipinski definition) is 4. The second-order valence-electron chi connectivity index (χ2n) is 5.93. The van der Waals surface area contributed by atoms with Gasteiger partial charge in [0.05, 0.1) is 12.7 Å². The van der Waals surface area contributed by atoms with Gasteiger partial charge in [0.2, 0.25) is 5.91 Å². The molecule has 0 aliphatic heterocycles. The maximum Gasteiger partial charge on any atom is 0.247 e. The average molecular weight is 372 g/mol. The molecular formula is C18H18ClN5O2. The van der Waals surface area contributed by atoms with E-state index in [-0.39, 0.29) is 18.2 Å². The molecule has 0 saturated carbocycles. The van der Waals surface area contributed by atoms with Gasteiger partial charge in [-0.05, 0) is 24.6 Å². The van der Waals surface area contributed by atoms with Crippen LogP contribution >= 0.6 is 11.6 Å². The zero-order valence-corrected chi connectivity index (χ0v) is 15.2. The van der Waals surface area contributed by atoms with Gasteiger partial charge in [0.1, 0.15) is 18.1 Å². The predicted molar refractivity (Wildman–Crippen MR) is 98.4 cm³/mol. The van der Waals surface area contributed by atoms with Crippen LogP contribution in [0.3, 0.4) is 0 Å². The zero-order valence-electron chi connectivity index (χ0n) is 14.4. The first-order valence-electron chi connectivity index (χ1n) is 8.04. The van der Waals surface area contributed by atoms with Crippen molar-refractivity contribution in [1.82, 2.24) is 19.6 Å². The van der Waals surface area contributed by atoms with E-state index >= 15 is 0 Å². The molecule has 8 heteroatoms. The van der Waals surface area contributed by atoms with Crippen LogP contribution in [0, 0.1) is 6.92 Å². The summed E-state index contributed by atoms with van der Waals surface area (Å²) in [6.07, 6.45) is 3.29. The van der Waals surface area contributed by atoms with Crippen molar-refractivity contribution in [2.75, 3.05) is 5.32 Å². The average Bonchev–Trinajstić information content (AvgIpc) is 3.19. The molecule has 1 aromatic carbocycles. The summed E-state index contributed by atoms with van der Waals surface area (Å²) in [5.41, 5.74) is 2.08. The van der Waals surface area contributed by atoms with Gasteiger partial charge in [0.15, 0.2) is 5.78 Å². The van der Waals surface area contributed by atoms with Crippen molar-refractivity contribution in [3.05, 3.63) is 64.6 Å². The van der Waals surface area contributed by atoms with E-state index in [1.165, 1.54) is 11.6 Å². The van der Waals surface area contributed by atoms with Crippen LogP contribution < -0.4 is 5.32 Å². The Bertz CT molecular complexity index is 960. The van der Waals surface area contributed by atoms with Crippen LogP contribution in [0.15, 0.2) is 42.7 Å². The van der Waals surface area contributed by atoms with Crippen LogP contribution in [0.2, 0.25) is 5.02 Å². The maximum absolute atomic E-state index is 12.4. The molecule has 1 N–H and O–H groups in total. The van der Waals surface area contributed by atoms with E-state index in [9.17, 15) is 9.59 Å². The van der Waals surface area contributed by atoms with Gasteiger partial charge in [0.25, 0.3) is 0 Å². The van der Waals surface area contributed by atoms with E-state index in [1.54, 1.807) is 23.1 Å². The fourth-order valence-corrected chi connectivity index (χ4v) is 2.70. The van der Waals surface area contributed by atoms with Gasteiger partial charge in [-0.25, -0.2) is 4.68 Å². The topological polar surface area (TPSA) is 81.8 Å². The highest BCUT2D eigenvalue weighted by atomic mass is 35.5. The molecule has 26 heavy (non-hydrogen) atoms. The van der Waals surface area contributed by atoms with Gasteiger partial charge < -0.3 is 5.32 Å². The summed E-state index contributed by atoms with van der Waals surface area (Å²) in [5.74, 6) is 0.207. The molecule has 0 aliphatic rings. The van der Waals surface area contributed by atoms with Crippen molar-refractivity contribution in [3.8, 4) is 0 Å². The van der Waals surface area contributed by atoms with Gasteiger partial charge in [-0.15, -0.1) is 0 Å². The minimum absolute atomic E-state index is 0.00396. The summed E-state index contributed by atoms with van der Waals surface area (Å²) in [6, 6.07) is 9.08. The summed E-state index contributed by atoms with van der Waals surface area (Å²) in [4.78, 5) is 23.7. The number of ketones is 1. The van der Waals surface area contributed by atoms with E-state index in [1.807, 2.05) is 31.2 Å². The van der Waals surface area contributed by atoms with Crippen LogP contribution in [-0.2, 0) is 17.9 Å². The maximum atomic E-state index is 12.4. The third-order valence-corrected chi connectivity index (χ3v) is 4.23. The Labute approximate surface area is 155 Å². The second kappa shape index (κ2) is 7.53. The van der Waals surface area contributed by atoms with Gasteiger partial charge in [-0.1, -0.05) is 29.8 Å². The summed E-state index contributed by atoms with van der Waals surface area (Å²) >= 11 is 6.21. The molecule has 3 aromatic rings. The van der Waals surface area contributed by atoms with Crippen molar-refractivity contribution in [2.45, 2.75) is 26.9 Å². The number of aryl methyl sites for hydroxylation is 1. The highest BCUT2D eigenvalue weighted by Crippen LogP contribution is 2.20. The number of hydrogen-bond donors (Lipinski definition) is 1. The molecule has 7 nitrogen and oxygen atoms in total. The van der Waals surface area contributed by atoms with Crippen molar-refractivity contribution in [2.24, 2.45) is 0 Å². The van der Waals surface area contributed by atoms with Gasteiger partial charge >= 0.3 is 0 Å². The van der Waals surface area contributed by atoms with Crippen LogP contribution in [0.5, 0.6) is 0 Å². The summed E-state index contributed by atoms with van der Waals surface area (Å²) in [6.45, 7) is 3.75. The highest BCUT2D eigenvalue weighted by Gasteiger charge is 2.14. The van der Waals surface area contributed by atoms with Crippen molar-refractivity contribution in [3.63, 3.8) is 0 Å². The van der Waals surface area contributed by atoms with E-state index in [4.69, 9.17) is 11.6 Å². The third kappa shape index (κ3) is 4.00. The number of nitrogens with one attached hydrogen (secondary N) is 1. The molecule has 0 saturated heterocycles. The Morgan fingerprint density at radius 3 is 2.69 bits per heavy atom. The lowest BCUT2D eigenvalue weighted by atomic mass is 10.2. The molecule has 1 amide bonds. The summed E-state index contributed by atoms with van der Waals surface area (Å²) < 4.78 is 3.12. The van der Waals surface area contributed by atoms with E-state index in [0.717, 1.165) is 11.1 Å². The quantitative estimate of drug-likeness (QED) is 0.675. The van der Waals surface area contributed by atoms with Gasteiger partial charge in [-0.3, -0.25) is 14.3 Å². The molecule has 0 spiro atoms. The van der Waals surface area contributed by atoms with E-state index in [0.29, 0.717) is 23.1 Å². The standard InChI is InChI=1S/C18H18ClN5O2/c1-12-9-20-24(10-14-5-3-4-6-15(14)19)18(12)21-17(26)11-23-8-7-16(22-23)13(2)25/h3-9H,10-11H2,1-2H3,(H,21,26). The molecule has 0 radical (unpaired) electrons. The Hall–Kier alpha value is -2.93. The zero-order chi connectivity index (χ0) is 18.7. The molecule has 2 heterocycles. The van der Waals surface area contributed by atoms with Gasteiger partial charge in [0, 0.05) is 23.7 Å². The molecule has 0 bridgehead atoms. The molecule has 0 fully saturated rings. The molecule has 0 unspecified atom stereocenters. The molecule has 3 rings (SSSR count). The number of anilines is 1. The first-order valence-corrected chi connectivity index (χ1v) is 8.42. The van der Waals surface area contributed by atoms with Crippen molar-refractivity contribution < 1.29 is 9.59 Å². The number of halogens is 1. The van der Waals surface area contributed by atoms with Crippen LogP contribution in [0.25, 0.3) is 0 Å². The number of aromatic nitrogens is 4. The molecule has 0 aliphatic carbocycles. The number of Topliss-reactive ketones (excluding diaryl/α,β-unsaturated/α-hetero) is 1. The fraction of sp³-hybridized carbons (Fsp3) is 0.222. The predicted octanol–water partition coefficient (Wildman–Crippen LogP) is 2.93. The number of rotatable bonds is 6. The van der Waals surface area contributed by atoms with Crippen LogP contribution in [-0.4, -0.2) is 31.3 Å². The first-order chi connectivity index (χ1) is 12.4. The Kier molecular flexibility index (Phi) is 5.18. The largest absolute Gasteiger partial charge is 0.309 e. The van der Waals surface area contributed by atoms with E-state index in [2.05, 4.69) is 15.5 Å². The second-order valence-corrected chi connectivity index (χ2v) is 6.34. The number of benzene rings is 1. The Morgan fingerprint density at radius 2 is 2.00 bits per heavy atom. The lowest BCUT2D eigenvalue weighted by Gasteiger charge is -2.11. The number of carbonyl (C=O) groups excluding carboxylic acids is 2. The van der Waals surface area contributed by atoms with Crippen molar-refractivity contribution >= 4 is 29.1 Å². The summed E-state index contributed by atoms with van der Waals surface area (Å²) in [7, 11) is 0. The highest BCUT2D eigenvalue weighted by molar-refractivity contribution is 6.31. The number of amides is 1. The third-order valence-electron chi connectivity index (χ3n) is 3.87. The summed E-state index contributed by atoms with van der Waals surface area (Å²) in [5, 5.41) is 11.9. The molecule has 0 atom stereocenters. The molecule has 134 valence electrons. The van der Waals surface area contributed by atoms with E-state index < -0.39 is 0 Å². The Balaban J connectivity index is 1.73. The Morgan fingerprint density at radius 1 is 1.23 bits per heavy atom. The smallest absolute Gasteiger partial charge is 0.247 e. The lowest BCUT2D eigenvalue weighted by molar-refractivity contribution is -0.117. The minimum atomic E-state index is -0.257. The lowest BCUT2D eigenvalue weighted by Crippen LogP contribution is -2.22. The SMILES string of the molecule is CC(=O)c1ccn(CC(=O)Nc2c(C)cnn2Cc2ccccc2Cl)n1. The number of nitrogens with zero attached hydrogens (tertiary/aromatic N) is 4. The fourth-order valence-electron chi connectivity index (χ4n) is 2.51. The monoisotopic (exact) mass is 371 g/mol.